The van der Waals surface area contributed by atoms with E-state index in [0.29, 0.717) is 11.3 Å². The fraction of sp³-hybridized carbons (Fsp3) is 0.929. The molecule has 0 bridgehead atoms. The van der Waals surface area contributed by atoms with Gasteiger partial charge in [-0.3, -0.25) is 4.79 Å². The second-order valence-electron chi connectivity index (χ2n) is 5.36. The molecule has 0 aliphatic heterocycles. The molecule has 0 aromatic rings. The SMILES string of the molecule is CCSC1CCCC(NC(=O)C(N)C(C)CC)C1. The van der Waals surface area contributed by atoms with Crippen molar-refractivity contribution in [3.63, 3.8) is 0 Å². The number of amides is 1. The van der Waals surface area contributed by atoms with Gasteiger partial charge in [-0.05, 0) is 30.9 Å². The summed E-state index contributed by atoms with van der Waals surface area (Å²) in [6.07, 6.45) is 5.69. The molecule has 1 saturated carbocycles. The number of thioether (sulfide) groups is 1. The molecule has 4 unspecified atom stereocenters. The highest BCUT2D eigenvalue weighted by Gasteiger charge is 2.26. The summed E-state index contributed by atoms with van der Waals surface area (Å²) in [6.45, 7) is 6.32. The van der Waals surface area contributed by atoms with E-state index in [4.69, 9.17) is 5.73 Å². The van der Waals surface area contributed by atoms with Gasteiger partial charge in [-0.1, -0.05) is 33.6 Å². The van der Waals surface area contributed by atoms with Gasteiger partial charge in [-0.15, -0.1) is 0 Å². The van der Waals surface area contributed by atoms with Crippen LogP contribution in [0.25, 0.3) is 0 Å². The average molecular weight is 272 g/mol. The largest absolute Gasteiger partial charge is 0.352 e. The average Bonchev–Trinajstić information content (AvgIpc) is 2.37. The van der Waals surface area contributed by atoms with Crippen molar-refractivity contribution in [2.45, 2.75) is 70.2 Å². The highest BCUT2D eigenvalue weighted by molar-refractivity contribution is 7.99. The maximum atomic E-state index is 12.0. The predicted molar refractivity (Wildman–Crippen MR) is 79.7 cm³/mol. The fourth-order valence-corrected chi connectivity index (χ4v) is 3.65. The van der Waals surface area contributed by atoms with E-state index in [-0.39, 0.29) is 17.9 Å². The van der Waals surface area contributed by atoms with Crippen LogP contribution in [0.4, 0.5) is 0 Å². The second kappa shape index (κ2) is 8.05. The molecule has 3 N–H and O–H groups in total. The number of rotatable bonds is 6. The first kappa shape index (κ1) is 15.8. The molecule has 3 nitrogen and oxygen atoms in total. The Morgan fingerprint density at radius 2 is 2.17 bits per heavy atom. The van der Waals surface area contributed by atoms with E-state index in [2.05, 4.69) is 19.2 Å². The molecule has 0 saturated heterocycles. The van der Waals surface area contributed by atoms with Crippen molar-refractivity contribution in [3.05, 3.63) is 0 Å². The van der Waals surface area contributed by atoms with Gasteiger partial charge in [0.1, 0.15) is 0 Å². The minimum atomic E-state index is -0.353. The van der Waals surface area contributed by atoms with Gasteiger partial charge in [0.05, 0.1) is 6.04 Å². The van der Waals surface area contributed by atoms with Crippen LogP contribution in [0, 0.1) is 5.92 Å². The van der Waals surface area contributed by atoms with Gasteiger partial charge in [-0.25, -0.2) is 0 Å². The van der Waals surface area contributed by atoms with E-state index < -0.39 is 0 Å². The molecule has 1 fully saturated rings. The summed E-state index contributed by atoms with van der Waals surface area (Å²) in [6, 6.07) is -0.0142. The Hall–Kier alpha value is -0.220. The molecule has 0 heterocycles. The lowest BCUT2D eigenvalue weighted by molar-refractivity contribution is -0.124. The lowest BCUT2D eigenvalue weighted by Crippen LogP contribution is -2.49. The number of hydrogen-bond donors (Lipinski definition) is 2. The molecule has 0 radical (unpaired) electrons. The van der Waals surface area contributed by atoms with Gasteiger partial charge in [0.2, 0.25) is 5.91 Å². The van der Waals surface area contributed by atoms with Crippen LogP contribution in [0.15, 0.2) is 0 Å². The van der Waals surface area contributed by atoms with Crippen LogP contribution >= 0.6 is 11.8 Å². The van der Waals surface area contributed by atoms with Gasteiger partial charge in [0.15, 0.2) is 0 Å². The molecule has 1 rings (SSSR count). The van der Waals surface area contributed by atoms with Crippen LogP contribution in [0.2, 0.25) is 0 Å². The van der Waals surface area contributed by atoms with Gasteiger partial charge >= 0.3 is 0 Å². The predicted octanol–water partition coefficient (Wildman–Crippen LogP) is 2.54. The minimum absolute atomic E-state index is 0.0384. The molecule has 106 valence electrons. The Morgan fingerprint density at radius 3 is 2.78 bits per heavy atom. The molecule has 1 aliphatic rings. The molecule has 4 atom stereocenters. The summed E-state index contributed by atoms with van der Waals surface area (Å²) in [5, 5.41) is 3.86. The molecule has 1 amide bonds. The van der Waals surface area contributed by atoms with Crippen LogP contribution in [0.1, 0.15) is 52.9 Å². The number of carbonyl (C=O) groups excluding carboxylic acids is 1. The summed E-state index contributed by atoms with van der Waals surface area (Å²) in [5.41, 5.74) is 5.96. The second-order valence-corrected chi connectivity index (χ2v) is 6.94. The Labute approximate surface area is 116 Å². The van der Waals surface area contributed by atoms with Crippen molar-refractivity contribution in [1.29, 1.82) is 0 Å². The quantitative estimate of drug-likeness (QED) is 0.781. The first-order valence-electron chi connectivity index (χ1n) is 7.26. The topological polar surface area (TPSA) is 55.1 Å². The molecule has 1 aliphatic carbocycles. The lowest BCUT2D eigenvalue weighted by atomic mass is 9.93. The normalized spacial score (nSPS) is 27.6. The smallest absolute Gasteiger partial charge is 0.237 e. The zero-order valence-corrected chi connectivity index (χ0v) is 12.8. The summed E-state index contributed by atoms with van der Waals surface area (Å²) in [4.78, 5) is 12.0. The van der Waals surface area contributed by atoms with Gasteiger partial charge in [0.25, 0.3) is 0 Å². The molecule has 18 heavy (non-hydrogen) atoms. The molecule has 0 spiro atoms. The highest BCUT2D eigenvalue weighted by Crippen LogP contribution is 2.28. The van der Waals surface area contributed by atoms with Crippen molar-refractivity contribution in [1.82, 2.24) is 5.32 Å². The Kier molecular flexibility index (Phi) is 7.08. The zero-order valence-electron chi connectivity index (χ0n) is 11.9. The van der Waals surface area contributed by atoms with Crippen molar-refractivity contribution >= 4 is 17.7 Å². The molecule has 0 aromatic carbocycles. The van der Waals surface area contributed by atoms with Crippen molar-refractivity contribution in [2.75, 3.05) is 5.75 Å². The number of hydrogen-bond acceptors (Lipinski definition) is 3. The van der Waals surface area contributed by atoms with Crippen molar-refractivity contribution < 1.29 is 4.79 Å². The Bertz CT molecular complexity index is 258. The third-order valence-corrected chi connectivity index (χ3v) is 5.17. The van der Waals surface area contributed by atoms with E-state index >= 15 is 0 Å². The maximum Gasteiger partial charge on any atom is 0.237 e. The minimum Gasteiger partial charge on any atom is -0.352 e. The lowest BCUT2D eigenvalue weighted by Gasteiger charge is -2.30. The number of nitrogens with one attached hydrogen (secondary N) is 1. The summed E-state index contributed by atoms with van der Waals surface area (Å²) >= 11 is 2.02. The monoisotopic (exact) mass is 272 g/mol. The van der Waals surface area contributed by atoms with Crippen molar-refractivity contribution in [2.24, 2.45) is 11.7 Å². The van der Waals surface area contributed by atoms with E-state index in [1.54, 1.807) is 0 Å². The standard InChI is InChI=1S/C14H28N2OS/c1-4-10(3)13(15)14(17)16-11-7-6-8-12(9-11)18-5-2/h10-13H,4-9,15H2,1-3H3,(H,16,17). The summed E-state index contributed by atoms with van der Waals surface area (Å²) in [5.74, 6) is 1.46. The number of nitrogens with two attached hydrogens (primary N) is 1. The Morgan fingerprint density at radius 1 is 1.44 bits per heavy atom. The summed E-state index contributed by atoms with van der Waals surface area (Å²) in [7, 11) is 0. The third-order valence-electron chi connectivity index (χ3n) is 3.93. The van der Waals surface area contributed by atoms with Crippen LogP contribution in [-0.4, -0.2) is 29.0 Å². The third kappa shape index (κ3) is 4.81. The molecular weight excluding hydrogens is 244 g/mol. The van der Waals surface area contributed by atoms with Crippen LogP contribution in [0.3, 0.4) is 0 Å². The molecule has 4 heteroatoms. The van der Waals surface area contributed by atoms with Crippen LogP contribution in [0.5, 0.6) is 0 Å². The van der Waals surface area contributed by atoms with Gasteiger partial charge in [0, 0.05) is 11.3 Å². The molecular formula is C14H28N2OS. The molecule has 0 aromatic heterocycles. The highest BCUT2D eigenvalue weighted by atomic mass is 32.2. The number of carbonyl (C=O) groups is 1. The fourth-order valence-electron chi connectivity index (χ4n) is 2.47. The van der Waals surface area contributed by atoms with Gasteiger partial charge < -0.3 is 11.1 Å². The van der Waals surface area contributed by atoms with Crippen molar-refractivity contribution in [3.8, 4) is 0 Å². The van der Waals surface area contributed by atoms with Crippen LogP contribution in [-0.2, 0) is 4.79 Å². The maximum absolute atomic E-state index is 12.0. The first-order valence-corrected chi connectivity index (χ1v) is 8.30. The van der Waals surface area contributed by atoms with Gasteiger partial charge in [-0.2, -0.15) is 11.8 Å². The van der Waals surface area contributed by atoms with E-state index in [0.717, 1.165) is 25.0 Å². The van der Waals surface area contributed by atoms with E-state index in [1.807, 2.05) is 18.7 Å². The zero-order chi connectivity index (χ0) is 13.5. The van der Waals surface area contributed by atoms with Crippen LogP contribution < -0.4 is 11.1 Å². The Balaban J connectivity index is 2.39. The summed E-state index contributed by atoms with van der Waals surface area (Å²) < 4.78 is 0. The van der Waals surface area contributed by atoms with E-state index in [1.165, 1.54) is 12.8 Å². The first-order chi connectivity index (χ1) is 8.58. The van der Waals surface area contributed by atoms with E-state index in [9.17, 15) is 4.79 Å².